The summed E-state index contributed by atoms with van der Waals surface area (Å²) in [4.78, 5) is 25.2. The number of hydrogen-bond acceptors (Lipinski definition) is 5. The molecule has 1 N–H and O–H groups in total. The summed E-state index contributed by atoms with van der Waals surface area (Å²) in [6.45, 7) is 3.96. The van der Waals surface area contributed by atoms with Crippen LogP contribution < -0.4 is 4.90 Å². The molecule has 0 unspecified atom stereocenters. The van der Waals surface area contributed by atoms with Crippen LogP contribution in [-0.2, 0) is 4.79 Å². The van der Waals surface area contributed by atoms with Crippen molar-refractivity contribution < 1.29 is 4.79 Å². The number of anilines is 1. The van der Waals surface area contributed by atoms with Gasteiger partial charge in [-0.3, -0.25) is 9.69 Å². The van der Waals surface area contributed by atoms with E-state index in [0.717, 1.165) is 11.0 Å². The van der Waals surface area contributed by atoms with Gasteiger partial charge in [-0.05, 0) is 25.1 Å². The first kappa shape index (κ1) is 15.9. The quantitative estimate of drug-likeness (QED) is 0.739. The van der Waals surface area contributed by atoms with Crippen molar-refractivity contribution >= 4 is 45.1 Å². The lowest BCUT2D eigenvalue weighted by Crippen LogP contribution is -2.27. The maximum atomic E-state index is 11.6. The van der Waals surface area contributed by atoms with E-state index in [1.165, 1.54) is 18.3 Å². The Hall–Kier alpha value is -2.98. The van der Waals surface area contributed by atoms with Crippen LogP contribution in [0, 0.1) is 11.3 Å². The highest BCUT2D eigenvalue weighted by Gasteiger charge is 2.14. The monoisotopic (exact) mass is 337 g/mol. The maximum absolute atomic E-state index is 11.6. The molecular formula is C17H15N5OS. The summed E-state index contributed by atoms with van der Waals surface area (Å²) < 4.78 is 0. The SMILES string of the molecule is CCN(C(C)=O)c1nc(/C=C(\C#N)c2nc3ccccc3[nH]2)cs1. The van der Waals surface area contributed by atoms with Gasteiger partial charge in [0.1, 0.15) is 11.9 Å². The van der Waals surface area contributed by atoms with Crippen LogP contribution in [0.25, 0.3) is 22.7 Å². The number of thiazole rings is 1. The van der Waals surface area contributed by atoms with Crippen LogP contribution in [0.5, 0.6) is 0 Å². The highest BCUT2D eigenvalue weighted by Crippen LogP contribution is 2.24. The molecule has 0 aliphatic carbocycles. The number of aromatic amines is 1. The molecule has 24 heavy (non-hydrogen) atoms. The molecule has 0 spiro atoms. The number of rotatable bonds is 4. The zero-order valence-corrected chi connectivity index (χ0v) is 14.1. The van der Waals surface area contributed by atoms with Crippen molar-refractivity contribution in [2.24, 2.45) is 0 Å². The number of carbonyl (C=O) groups excluding carboxylic acids is 1. The topological polar surface area (TPSA) is 85.7 Å². The van der Waals surface area contributed by atoms with E-state index in [9.17, 15) is 10.1 Å². The molecule has 3 rings (SSSR count). The Morgan fingerprint density at radius 1 is 1.42 bits per heavy atom. The first-order valence-electron chi connectivity index (χ1n) is 7.43. The van der Waals surface area contributed by atoms with Crippen molar-refractivity contribution in [2.75, 3.05) is 11.4 Å². The normalized spacial score (nSPS) is 11.5. The number of nitriles is 1. The molecule has 0 fully saturated rings. The van der Waals surface area contributed by atoms with Crippen LogP contribution in [0.4, 0.5) is 5.13 Å². The highest BCUT2D eigenvalue weighted by molar-refractivity contribution is 7.14. The Kier molecular flexibility index (Phi) is 4.40. The lowest BCUT2D eigenvalue weighted by atomic mass is 10.2. The number of aromatic nitrogens is 3. The number of imidazole rings is 1. The van der Waals surface area contributed by atoms with Crippen LogP contribution in [0.2, 0.25) is 0 Å². The number of fused-ring (bicyclic) bond motifs is 1. The summed E-state index contributed by atoms with van der Waals surface area (Å²) in [6, 6.07) is 9.76. The van der Waals surface area contributed by atoms with Crippen LogP contribution in [0.3, 0.4) is 0 Å². The van der Waals surface area contributed by atoms with Crippen LogP contribution in [-0.4, -0.2) is 27.4 Å². The zero-order valence-electron chi connectivity index (χ0n) is 13.3. The van der Waals surface area contributed by atoms with Crippen molar-refractivity contribution in [3.05, 3.63) is 41.2 Å². The number of H-pyrrole nitrogens is 1. The van der Waals surface area contributed by atoms with E-state index < -0.39 is 0 Å². The van der Waals surface area contributed by atoms with Gasteiger partial charge in [-0.25, -0.2) is 9.97 Å². The summed E-state index contributed by atoms with van der Waals surface area (Å²) in [5, 5.41) is 11.9. The fourth-order valence-corrected chi connectivity index (χ4v) is 3.23. The van der Waals surface area contributed by atoms with Crippen LogP contribution >= 0.6 is 11.3 Å². The molecule has 1 amide bonds. The van der Waals surface area contributed by atoms with Gasteiger partial charge in [0.2, 0.25) is 5.91 Å². The molecule has 6 nitrogen and oxygen atoms in total. The number of hydrogen-bond donors (Lipinski definition) is 1. The number of carbonyl (C=O) groups is 1. The minimum Gasteiger partial charge on any atom is -0.337 e. The van der Waals surface area contributed by atoms with Gasteiger partial charge >= 0.3 is 0 Å². The second-order valence-corrected chi connectivity index (χ2v) is 5.93. The Morgan fingerprint density at radius 2 is 2.21 bits per heavy atom. The van der Waals surface area contributed by atoms with E-state index in [2.05, 4.69) is 21.0 Å². The van der Waals surface area contributed by atoms with Gasteiger partial charge in [-0.1, -0.05) is 12.1 Å². The van der Waals surface area contributed by atoms with Crippen molar-refractivity contribution in [2.45, 2.75) is 13.8 Å². The van der Waals surface area contributed by atoms with E-state index in [1.807, 2.05) is 36.6 Å². The summed E-state index contributed by atoms with van der Waals surface area (Å²) >= 11 is 1.37. The van der Waals surface area contributed by atoms with E-state index in [0.29, 0.717) is 28.8 Å². The van der Waals surface area contributed by atoms with E-state index in [4.69, 9.17) is 0 Å². The highest BCUT2D eigenvalue weighted by atomic mass is 32.1. The third-order valence-corrected chi connectivity index (χ3v) is 4.38. The van der Waals surface area contributed by atoms with Crippen molar-refractivity contribution in [1.29, 1.82) is 5.26 Å². The zero-order chi connectivity index (χ0) is 17.1. The first-order chi connectivity index (χ1) is 11.6. The maximum Gasteiger partial charge on any atom is 0.225 e. The summed E-state index contributed by atoms with van der Waals surface area (Å²) in [7, 11) is 0. The van der Waals surface area contributed by atoms with Gasteiger partial charge in [0.05, 0.1) is 22.3 Å². The third-order valence-electron chi connectivity index (χ3n) is 3.49. The molecule has 2 aromatic heterocycles. The molecule has 0 bridgehead atoms. The predicted octanol–water partition coefficient (Wildman–Crippen LogP) is 3.46. The molecule has 0 saturated carbocycles. The van der Waals surface area contributed by atoms with Crippen molar-refractivity contribution in [3.63, 3.8) is 0 Å². The minimum atomic E-state index is -0.0554. The van der Waals surface area contributed by atoms with Gasteiger partial charge < -0.3 is 4.98 Å². The van der Waals surface area contributed by atoms with Gasteiger partial charge in [0.15, 0.2) is 5.13 Å². The molecule has 2 heterocycles. The number of nitrogens with zero attached hydrogens (tertiary/aromatic N) is 4. The predicted molar refractivity (Wildman–Crippen MR) is 95.4 cm³/mol. The van der Waals surface area contributed by atoms with E-state index in [1.54, 1.807) is 11.0 Å². The lowest BCUT2D eigenvalue weighted by molar-refractivity contribution is -0.116. The van der Waals surface area contributed by atoms with E-state index in [-0.39, 0.29) is 5.91 Å². The van der Waals surface area contributed by atoms with Gasteiger partial charge in [0, 0.05) is 18.8 Å². The molecule has 3 aromatic rings. The average Bonchev–Trinajstić information content (AvgIpc) is 3.19. The molecule has 7 heteroatoms. The Morgan fingerprint density at radius 3 is 2.88 bits per heavy atom. The number of amides is 1. The Balaban J connectivity index is 1.95. The number of allylic oxidation sites excluding steroid dienone is 1. The lowest BCUT2D eigenvalue weighted by Gasteiger charge is -2.14. The largest absolute Gasteiger partial charge is 0.337 e. The van der Waals surface area contributed by atoms with Crippen LogP contribution in [0.1, 0.15) is 25.4 Å². The smallest absolute Gasteiger partial charge is 0.225 e. The van der Waals surface area contributed by atoms with Crippen LogP contribution in [0.15, 0.2) is 29.6 Å². The fourth-order valence-electron chi connectivity index (χ4n) is 2.34. The standard InChI is InChI=1S/C17H15N5OS/c1-3-22(11(2)23)17-19-13(10-24-17)8-12(9-18)16-20-14-6-4-5-7-15(14)21-16/h4-8,10H,3H2,1-2H3,(H,20,21)/b12-8+. The summed E-state index contributed by atoms with van der Waals surface area (Å²) in [5.41, 5.74) is 2.71. The number of nitrogens with one attached hydrogen (secondary N) is 1. The summed E-state index contributed by atoms with van der Waals surface area (Å²) in [6.07, 6.45) is 1.67. The molecule has 1 aromatic carbocycles. The van der Waals surface area contributed by atoms with Gasteiger partial charge in [0.25, 0.3) is 0 Å². The minimum absolute atomic E-state index is 0.0554. The molecular weight excluding hydrogens is 322 g/mol. The van der Waals surface area contributed by atoms with Gasteiger partial charge in [-0.15, -0.1) is 11.3 Å². The Bertz CT molecular complexity index is 930. The number of para-hydroxylation sites is 2. The van der Waals surface area contributed by atoms with E-state index >= 15 is 0 Å². The molecule has 120 valence electrons. The molecule has 0 aliphatic rings. The Labute approximate surface area is 143 Å². The molecule has 0 atom stereocenters. The second-order valence-electron chi connectivity index (χ2n) is 5.09. The summed E-state index contributed by atoms with van der Waals surface area (Å²) in [5.74, 6) is 0.451. The first-order valence-corrected chi connectivity index (χ1v) is 8.31. The van der Waals surface area contributed by atoms with Crippen molar-refractivity contribution in [1.82, 2.24) is 15.0 Å². The molecule has 0 radical (unpaired) electrons. The van der Waals surface area contributed by atoms with Gasteiger partial charge in [-0.2, -0.15) is 5.26 Å². The molecule has 0 aliphatic heterocycles. The second kappa shape index (κ2) is 6.64. The average molecular weight is 337 g/mol. The van der Waals surface area contributed by atoms with Crippen molar-refractivity contribution in [3.8, 4) is 6.07 Å². The number of benzene rings is 1. The third kappa shape index (κ3) is 3.05. The molecule has 0 saturated heterocycles. The fraction of sp³-hybridized carbons (Fsp3) is 0.176.